The third-order valence-electron chi connectivity index (χ3n) is 2.85. The number of carbonyl (C=O) groups excluding carboxylic acids is 1. The van der Waals surface area contributed by atoms with Crippen LogP contribution in [0.25, 0.3) is 0 Å². The van der Waals surface area contributed by atoms with E-state index in [-0.39, 0.29) is 5.91 Å². The third-order valence-corrected chi connectivity index (χ3v) is 3.20. The van der Waals surface area contributed by atoms with Crippen molar-refractivity contribution in [3.63, 3.8) is 0 Å². The quantitative estimate of drug-likeness (QED) is 0.776. The van der Waals surface area contributed by atoms with Crippen molar-refractivity contribution >= 4 is 17.5 Å². The number of hydrogen-bond donors (Lipinski definition) is 2. The first-order chi connectivity index (χ1) is 9.60. The lowest BCUT2D eigenvalue weighted by molar-refractivity contribution is -0.127. The summed E-state index contributed by atoms with van der Waals surface area (Å²) in [7, 11) is 0. The summed E-state index contributed by atoms with van der Waals surface area (Å²) in [4.78, 5) is 11.8. The zero-order chi connectivity index (χ0) is 15.0. The number of carbonyl (C=O) groups is 1. The number of amides is 1. The van der Waals surface area contributed by atoms with Gasteiger partial charge in [0.25, 0.3) is 5.91 Å². The molecule has 1 aromatic rings. The first kappa shape index (κ1) is 16.8. The number of benzene rings is 1. The van der Waals surface area contributed by atoms with Gasteiger partial charge in [-0.3, -0.25) is 4.79 Å². The van der Waals surface area contributed by atoms with Crippen molar-refractivity contribution in [2.45, 2.75) is 39.8 Å². The lowest BCUT2D eigenvalue weighted by Gasteiger charge is -2.18. The highest BCUT2D eigenvalue weighted by Crippen LogP contribution is 2.27. The molecule has 1 rings (SSSR count). The average molecular weight is 299 g/mol. The van der Waals surface area contributed by atoms with E-state index < -0.39 is 6.10 Å². The molecule has 0 aromatic heterocycles. The van der Waals surface area contributed by atoms with Crippen LogP contribution in [0.4, 0.5) is 0 Å². The van der Waals surface area contributed by atoms with Crippen LogP contribution in [-0.4, -0.2) is 25.1 Å². The van der Waals surface area contributed by atoms with Crippen molar-refractivity contribution in [1.29, 1.82) is 0 Å². The molecule has 4 nitrogen and oxygen atoms in total. The molecule has 0 aliphatic heterocycles. The van der Waals surface area contributed by atoms with Gasteiger partial charge >= 0.3 is 0 Å². The monoisotopic (exact) mass is 298 g/mol. The summed E-state index contributed by atoms with van der Waals surface area (Å²) in [5.74, 6) is 0.541. The van der Waals surface area contributed by atoms with Gasteiger partial charge in [-0.15, -0.1) is 0 Å². The zero-order valence-electron chi connectivity index (χ0n) is 12.3. The molecule has 0 aliphatic rings. The van der Waals surface area contributed by atoms with Crippen molar-refractivity contribution in [2.75, 3.05) is 13.1 Å². The highest BCUT2D eigenvalue weighted by Gasteiger charge is 2.16. The van der Waals surface area contributed by atoms with E-state index in [4.69, 9.17) is 16.3 Å². The van der Waals surface area contributed by atoms with Crippen molar-refractivity contribution < 1.29 is 9.53 Å². The second-order valence-corrected chi connectivity index (χ2v) is 4.96. The Labute approximate surface area is 125 Å². The summed E-state index contributed by atoms with van der Waals surface area (Å²) in [5.41, 5.74) is 0.881. The van der Waals surface area contributed by atoms with Crippen LogP contribution in [0.3, 0.4) is 0 Å². The van der Waals surface area contributed by atoms with Gasteiger partial charge < -0.3 is 15.4 Å². The van der Waals surface area contributed by atoms with Crippen LogP contribution in [-0.2, 0) is 11.3 Å². The number of hydrogen-bond acceptors (Lipinski definition) is 3. The molecule has 0 heterocycles. The minimum absolute atomic E-state index is 0.110. The summed E-state index contributed by atoms with van der Waals surface area (Å²) in [6.45, 7) is 7.90. The van der Waals surface area contributed by atoms with Crippen molar-refractivity contribution in [3.05, 3.63) is 28.8 Å². The number of ether oxygens (including phenoxy) is 1. The van der Waals surface area contributed by atoms with E-state index in [9.17, 15) is 4.79 Å². The smallest absolute Gasteiger partial charge is 0.260 e. The maximum absolute atomic E-state index is 11.8. The highest BCUT2D eigenvalue weighted by molar-refractivity contribution is 6.31. The molecule has 0 aliphatic carbocycles. The fourth-order valence-corrected chi connectivity index (χ4v) is 1.94. The van der Waals surface area contributed by atoms with Gasteiger partial charge in [0.15, 0.2) is 6.10 Å². The fourth-order valence-electron chi connectivity index (χ4n) is 1.71. The molecule has 1 aromatic carbocycles. The van der Waals surface area contributed by atoms with Crippen molar-refractivity contribution in [2.24, 2.45) is 0 Å². The molecule has 0 bridgehead atoms. The Morgan fingerprint density at radius 3 is 2.80 bits per heavy atom. The van der Waals surface area contributed by atoms with E-state index in [1.54, 1.807) is 6.92 Å². The predicted molar refractivity (Wildman–Crippen MR) is 82.2 cm³/mol. The van der Waals surface area contributed by atoms with Crippen LogP contribution in [0.2, 0.25) is 5.02 Å². The Hall–Kier alpha value is -1.26. The molecular weight excluding hydrogens is 276 g/mol. The van der Waals surface area contributed by atoms with E-state index in [1.165, 1.54) is 0 Å². The standard InChI is InChI=1S/C15H23ClN2O2/c1-4-9-18-15(19)11(3)20-14-8-6-7-13(16)12(14)10-17-5-2/h6-8,11,17H,4-5,9-10H2,1-3H3,(H,18,19). The Morgan fingerprint density at radius 1 is 1.40 bits per heavy atom. The Kier molecular flexibility index (Phi) is 7.41. The molecule has 0 radical (unpaired) electrons. The minimum atomic E-state index is -0.541. The second kappa shape index (κ2) is 8.82. The van der Waals surface area contributed by atoms with Crippen LogP contribution in [0.1, 0.15) is 32.8 Å². The van der Waals surface area contributed by atoms with Crippen molar-refractivity contribution in [1.82, 2.24) is 10.6 Å². The van der Waals surface area contributed by atoms with Gasteiger partial charge in [0, 0.05) is 23.7 Å². The Bertz CT molecular complexity index is 438. The summed E-state index contributed by atoms with van der Waals surface area (Å²) < 4.78 is 5.75. The molecule has 20 heavy (non-hydrogen) atoms. The van der Waals surface area contributed by atoms with E-state index in [2.05, 4.69) is 10.6 Å². The Morgan fingerprint density at radius 2 is 2.15 bits per heavy atom. The van der Waals surface area contributed by atoms with E-state index in [0.29, 0.717) is 23.9 Å². The van der Waals surface area contributed by atoms with Gasteiger partial charge in [-0.1, -0.05) is 31.5 Å². The number of nitrogens with one attached hydrogen (secondary N) is 2. The molecule has 1 unspecified atom stereocenters. The lowest BCUT2D eigenvalue weighted by Crippen LogP contribution is -2.36. The van der Waals surface area contributed by atoms with Gasteiger partial charge in [0.2, 0.25) is 0 Å². The average Bonchev–Trinajstić information content (AvgIpc) is 2.44. The normalized spacial score (nSPS) is 12.0. The molecule has 5 heteroatoms. The van der Waals surface area contributed by atoms with Crippen LogP contribution in [0, 0.1) is 0 Å². The molecule has 1 amide bonds. The van der Waals surface area contributed by atoms with Gasteiger partial charge in [-0.25, -0.2) is 0 Å². The largest absolute Gasteiger partial charge is 0.481 e. The molecule has 0 saturated carbocycles. The molecule has 0 saturated heterocycles. The van der Waals surface area contributed by atoms with Crippen LogP contribution >= 0.6 is 11.6 Å². The van der Waals surface area contributed by atoms with E-state index in [0.717, 1.165) is 18.5 Å². The summed E-state index contributed by atoms with van der Waals surface area (Å²) in [6.07, 6.45) is 0.363. The van der Waals surface area contributed by atoms with Crippen molar-refractivity contribution in [3.8, 4) is 5.75 Å². The second-order valence-electron chi connectivity index (χ2n) is 4.55. The van der Waals surface area contributed by atoms with Crippen LogP contribution < -0.4 is 15.4 Å². The van der Waals surface area contributed by atoms with Crippen LogP contribution in [0.15, 0.2) is 18.2 Å². The predicted octanol–water partition coefficient (Wildman–Crippen LogP) is 2.74. The molecule has 0 fully saturated rings. The first-order valence-electron chi connectivity index (χ1n) is 7.02. The SMILES string of the molecule is CCCNC(=O)C(C)Oc1cccc(Cl)c1CNCC. The topological polar surface area (TPSA) is 50.4 Å². The summed E-state index contributed by atoms with van der Waals surface area (Å²) in [5, 5.41) is 6.68. The third kappa shape index (κ3) is 5.02. The summed E-state index contributed by atoms with van der Waals surface area (Å²) >= 11 is 6.19. The van der Waals surface area contributed by atoms with Gasteiger partial charge in [0.05, 0.1) is 0 Å². The summed E-state index contributed by atoms with van der Waals surface area (Å²) in [6, 6.07) is 5.48. The van der Waals surface area contributed by atoms with E-state index in [1.807, 2.05) is 32.0 Å². The first-order valence-corrected chi connectivity index (χ1v) is 7.40. The molecule has 0 spiro atoms. The van der Waals surface area contributed by atoms with Gasteiger partial charge in [-0.2, -0.15) is 0 Å². The fraction of sp³-hybridized carbons (Fsp3) is 0.533. The van der Waals surface area contributed by atoms with E-state index >= 15 is 0 Å². The number of rotatable bonds is 8. The van der Waals surface area contributed by atoms with Gasteiger partial charge in [-0.05, 0) is 32.0 Å². The molecule has 1 atom stereocenters. The molecule has 2 N–H and O–H groups in total. The lowest BCUT2D eigenvalue weighted by atomic mass is 10.2. The maximum atomic E-state index is 11.8. The highest BCUT2D eigenvalue weighted by atomic mass is 35.5. The maximum Gasteiger partial charge on any atom is 0.260 e. The zero-order valence-corrected chi connectivity index (χ0v) is 13.1. The van der Waals surface area contributed by atoms with Gasteiger partial charge in [0.1, 0.15) is 5.75 Å². The molecule has 112 valence electrons. The Balaban J connectivity index is 2.75. The minimum Gasteiger partial charge on any atom is -0.481 e. The molecular formula is C15H23ClN2O2. The number of halogens is 1. The van der Waals surface area contributed by atoms with Crippen LogP contribution in [0.5, 0.6) is 5.75 Å².